The van der Waals surface area contributed by atoms with Gasteiger partial charge in [0.2, 0.25) is 0 Å². The zero-order chi connectivity index (χ0) is 11.2. The van der Waals surface area contributed by atoms with Gasteiger partial charge in [0.1, 0.15) is 0 Å². The Balaban J connectivity index is 4.39. The van der Waals surface area contributed by atoms with E-state index in [2.05, 4.69) is 55.4 Å². The average Bonchev–Trinajstić information content (AvgIpc) is 2.20. The van der Waals surface area contributed by atoms with Gasteiger partial charge in [0.15, 0.2) is 0 Å². The van der Waals surface area contributed by atoms with E-state index in [1.807, 2.05) is 0 Å². The van der Waals surface area contributed by atoms with Crippen LogP contribution in [0.15, 0.2) is 0 Å². The Morgan fingerprint density at radius 1 is 1.14 bits per heavy atom. The van der Waals surface area contributed by atoms with Crippen LogP contribution < -0.4 is 0 Å². The van der Waals surface area contributed by atoms with Gasteiger partial charge in [0.25, 0.3) is 0 Å². The zero-order valence-corrected chi connectivity index (χ0v) is 12.0. The maximum Gasteiger partial charge on any atom is 0.01000 e. The second-order valence-electron chi connectivity index (χ2n) is 4.50. The summed E-state index contributed by atoms with van der Waals surface area (Å²) in [5.41, 5.74) is 0.472. The molecule has 0 aliphatic rings. The summed E-state index contributed by atoms with van der Waals surface area (Å²) in [6.07, 6.45) is 2.52. The van der Waals surface area contributed by atoms with Crippen molar-refractivity contribution < 1.29 is 0 Å². The number of hydrogen-bond donors (Lipinski definition) is 0. The van der Waals surface area contributed by atoms with E-state index in [0.717, 1.165) is 11.9 Å². The maximum atomic E-state index is 3.67. The molecule has 0 radical (unpaired) electrons. The van der Waals surface area contributed by atoms with Crippen molar-refractivity contribution in [2.75, 3.05) is 18.4 Å². The molecule has 0 fully saturated rings. The quantitative estimate of drug-likeness (QED) is 0.630. The molecule has 0 saturated carbocycles. The first-order valence-corrected chi connectivity index (χ1v) is 6.97. The fourth-order valence-corrected chi connectivity index (χ4v) is 2.77. The van der Waals surface area contributed by atoms with E-state index in [0.29, 0.717) is 11.5 Å². The third-order valence-electron chi connectivity index (χ3n) is 3.46. The largest absolute Gasteiger partial charge is 0.301 e. The lowest BCUT2D eigenvalue weighted by atomic mass is 9.84. The van der Waals surface area contributed by atoms with Crippen LogP contribution in [-0.4, -0.2) is 29.4 Å². The number of rotatable bonds is 7. The number of nitrogens with zero attached hydrogens (tertiary/aromatic N) is 1. The Morgan fingerprint density at radius 2 is 1.64 bits per heavy atom. The van der Waals surface area contributed by atoms with Crippen LogP contribution >= 0.6 is 15.9 Å². The van der Waals surface area contributed by atoms with Gasteiger partial charge in [-0.1, -0.05) is 36.7 Å². The molecule has 0 aliphatic heterocycles. The van der Waals surface area contributed by atoms with Crippen molar-refractivity contribution in [1.29, 1.82) is 0 Å². The Bertz CT molecular complexity index is 133. The molecular formula is C12H26BrN. The van der Waals surface area contributed by atoms with Gasteiger partial charge in [-0.2, -0.15) is 0 Å². The van der Waals surface area contributed by atoms with Gasteiger partial charge in [0, 0.05) is 17.9 Å². The highest BCUT2D eigenvalue weighted by Gasteiger charge is 2.27. The molecule has 0 aromatic heterocycles. The number of halogens is 1. The summed E-state index contributed by atoms with van der Waals surface area (Å²) in [6, 6.07) is 0.663. The molecule has 2 heteroatoms. The van der Waals surface area contributed by atoms with Crippen LogP contribution in [0, 0.1) is 5.41 Å². The highest BCUT2D eigenvalue weighted by Crippen LogP contribution is 2.30. The van der Waals surface area contributed by atoms with E-state index in [1.54, 1.807) is 0 Å². The van der Waals surface area contributed by atoms with Gasteiger partial charge < -0.3 is 4.90 Å². The van der Waals surface area contributed by atoms with E-state index in [-0.39, 0.29) is 0 Å². The normalized spacial score (nSPS) is 12.9. The summed E-state index contributed by atoms with van der Waals surface area (Å²) < 4.78 is 0. The van der Waals surface area contributed by atoms with E-state index < -0.39 is 0 Å². The molecular weight excluding hydrogens is 238 g/mol. The van der Waals surface area contributed by atoms with Crippen molar-refractivity contribution >= 4 is 15.9 Å². The predicted molar refractivity (Wildman–Crippen MR) is 69.2 cm³/mol. The molecule has 0 heterocycles. The van der Waals surface area contributed by atoms with E-state index in [4.69, 9.17) is 0 Å². The van der Waals surface area contributed by atoms with Gasteiger partial charge in [-0.25, -0.2) is 0 Å². The summed E-state index contributed by atoms with van der Waals surface area (Å²) >= 11 is 3.67. The van der Waals surface area contributed by atoms with Crippen molar-refractivity contribution in [3.8, 4) is 0 Å². The first kappa shape index (κ1) is 14.4. The Hall–Kier alpha value is 0.440. The summed E-state index contributed by atoms with van der Waals surface area (Å²) in [5, 5.41) is 1.12. The van der Waals surface area contributed by atoms with Crippen molar-refractivity contribution in [3.05, 3.63) is 0 Å². The third-order valence-corrected chi connectivity index (χ3v) is 4.65. The standard InChI is InChI=1S/C12H26BrN/c1-6-12(7-2,9-13)10-14(8-3)11(4)5/h11H,6-10H2,1-5H3. The monoisotopic (exact) mass is 263 g/mol. The zero-order valence-electron chi connectivity index (χ0n) is 10.4. The van der Waals surface area contributed by atoms with E-state index in [1.165, 1.54) is 19.4 Å². The van der Waals surface area contributed by atoms with Crippen LogP contribution in [0.1, 0.15) is 47.5 Å². The van der Waals surface area contributed by atoms with Crippen molar-refractivity contribution in [3.63, 3.8) is 0 Å². The molecule has 0 aromatic carbocycles. The molecule has 86 valence electrons. The van der Waals surface area contributed by atoms with Crippen molar-refractivity contribution in [2.45, 2.75) is 53.5 Å². The molecule has 0 atom stereocenters. The Morgan fingerprint density at radius 3 is 1.86 bits per heavy atom. The topological polar surface area (TPSA) is 3.24 Å². The van der Waals surface area contributed by atoms with Gasteiger partial charge in [-0.05, 0) is 38.6 Å². The van der Waals surface area contributed by atoms with Crippen molar-refractivity contribution in [1.82, 2.24) is 4.90 Å². The minimum absolute atomic E-state index is 0.472. The molecule has 0 saturated heterocycles. The summed E-state index contributed by atoms with van der Waals surface area (Å²) in [5.74, 6) is 0. The molecule has 0 N–H and O–H groups in total. The van der Waals surface area contributed by atoms with Crippen LogP contribution in [0.4, 0.5) is 0 Å². The Kier molecular flexibility index (Phi) is 7.05. The molecule has 0 bridgehead atoms. The second kappa shape index (κ2) is 6.84. The first-order chi connectivity index (χ1) is 6.55. The smallest absolute Gasteiger partial charge is 0.01000 e. The summed E-state index contributed by atoms with van der Waals surface area (Å²) in [4.78, 5) is 2.56. The second-order valence-corrected chi connectivity index (χ2v) is 5.06. The lowest BCUT2D eigenvalue weighted by molar-refractivity contribution is 0.135. The number of hydrogen-bond acceptors (Lipinski definition) is 1. The minimum Gasteiger partial charge on any atom is -0.301 e. The fourth-order valence-electron chi connectivity index (χ4n) is 1.80. The van der Waals surface area contributed by atoms with Crippen LogP contribution in [0.2, 0.25) is 0 Å². The molecule has 14 heavy (non-hydrogen) atoms. The summed E-state index contributed by atoms with van der Waals surface area (Å²) in [6.45, 7) is 13.8. The van der Waals surface area contributed by atoms with Gasteiger partial charge in [-0.15, -0.1) is 0 Å². The van der Waals surface area contributed by atoms with Crippen LogP contribution in [-0.2, 0) is 0 Å². The molecule has 0 spiro atoms. The van der Waals surface area contributed by atoms with Gasteiger partial charge in [-0.3, -0.25) is 0 Å². The lowest BCUT2D eigenvalue weighted by Gasteiger charge is -2.37. The average molecular weight is 264 g/mol. The van der Waals surface area contributed by atoms with E-state index >= 15 is 0 Å². The highest BCUT2D eigenvalue weighted by molar-refractivity contribution is 9.09. The molecule has 0 amide bonds. The lowest BCUT2D eigenvalue weighted by Crippen LogP contribution is -2.41. The SMILES string of the molecule is CCN(CC(CC)(CC)CBr)C(C)C. The molecule has 0 rings (SSSR count). The van der Waals surface area contributed by atoms with Crippen molar-refractivity contribution in [2.24, 2.45) is 5.41 Å². The predicted octanol–water partition coefficient (Wildman–Crippen LogP) is 3.92. The van der Waals surface area contributed by atoms with Crippen LogP contribution in [0.5, 0.6) is 0 Å². The maximum absolute atomic E-state index is 3.67. The third kappa shape index (κ3) is 3.90. The van der Waals surface area contributed by atoms with Gasteiger partial charge in [0.05, 0.1) is 0 Å². The Labute approximate surface area is 98.4 Å². The van der Waals surface area contributed by atoms with Gasteiger partial charge >= 0.3 is 0 Å². The van der Waals surface area contributed by atoms with Crippen LogP contribution in [0.3, 0.4) is 0 Å². The molecule has 1 nitrogen and oxygen atoms in total. The first-order valence-electron chi connectivity index (χ1n) is 5.85. The number of alkyl halides is 1. The fraction of sp³-hybridized carbons (Fsp3) is 1.00. The molecule has 0 aliphatic carbocycles. The highest BCUT2D eigenvalue weighted by atomic mass is 79.9. The van der Waals surface area contributed by atoms with E-state index in [9.17, 15) is 0 Å². The van der Waals surface area contributed by atoms with Crippen LogP contribution in [0.25, 0.3) is 0 Å². The minimum atomic E-state index is 0.472. The summed E-state index contributed by atoms with van der Waals surface area (Å²) in [7, 11) is 0. The molecule has 0 aromatic rings. The molecule has 0 unspecified atom stereocenters.